The predicted octanol–water partition coefficient (Wildman–Crippen LogP) is 3.47. The maximum Gasteiger partial charge on any atom is 0.279 e. The van der Waals surface area contributed by atoms with Gasteiger partial charge in [0, 0.05) is 29.0 Å². The van der Waals surface area contributed by atoms with Gasteiger partial charge in [-0.3, -0.25) is 0 Å². The number of hydrogen-bond acceptors (Lipinski definition) is 4. The molecule has 0 aromatic heterocycles. The molecule has 7 nitrogen and oxygen atoms in total. The van der Waals surface area contributed by atoms with E-state index in [1.165, 1.54) is 0 Å². The first-order valence-corrected chi connectivity index (χ1v) is 8.80. The fourth-order valence-corrected chi connectivity index (χ4v) is 3.77. The van der Waals surface area contributed by atoms with E-state index in [0.29, 0.717) is 6.42 Å². The largest absolute Gasteiger partial charge is 0.279 e. The molecule has 0 N–H and O–H groups in total. The van der Waals surface area contributed by atoms with Crippen LogP contribution in [-0.4, -0.2) is 31.1 Å². The van der Waals surface area contributed by atoms with Gasteiger partial charge in [-0.05, 0) is 24.6 Å². The van der Waals surface area contributed by atoms with E-state index in [4.69, 9.17) is 5.53 Å². The summed E-state index contributed by atoms with van der Waals surface area (Å²) in [7, 11) is -3.77. The fraction of sp³-hybridized carbons (Fsp3) is 0.533. The molecule has 0 saturated heterocycles. The van der Waals surface area contributed by atoms with Gasteiger partial charge in [0.05, 0.1) is 10.9 Å². The van der Waals surface area contributed by atoms with Gasteiger partial charge in [-0.25, -0.2) is 0 Å². The Kier molecular flexibility index (Phi) is 4.68. The van der Waals surface area contributed by atoms with Crippen LogP contribution in [0, 0.1) is 12.3 Å². The van der Waals surface area contributed by atoms with Gasteiger partial charge >= 0.3 is 0 Å². The van der Waals surface area contributed by atoms with E-state index < -0.39 is 16.1 Å². The highest BCUT2D eigenvalue weighted by molar-refractivity contribution is 7.89. The molecule has 2 rings (SSSR count). The van der Waals surface area contributed by atoms with Crippen LogP contribution in [0.5, 0.6) is 0 Å². The Morgan fingerprint density at radius 1 is 1.35 bits per heavy atom. The van der Waals surface area contributed by atoms with Gasteiger partial charge in [-0.15, -0.1) is 0 Å². The van der Waals surface area contributed by atoms with E-state index in [0.717, 1.165) is 15.7 Å². The first-order valence-electron chi connectivity index (χ1n) is 7.36. The molecular formula is C15H21N5O2S. The van der Waals surface area contributed by atoms with Crippen LogP contribution < -0.4 is 0 Å². The molecule has 124 valence electrons. The zero-order chi connectivity index (χ0) is 17.3. The van der Waals surface area contributed by atoms with Gasteiger partial charge in [0.25, 0.3) is 10.0 Å². The Bertz CT molecular complexity index is 756. The van der Waals surface area contributed by atoms with Crippen molar-refractivity contribution in [2.24, 2.45) is 15.6 Å². The van der Waals surface area contributed by atoms with Crippen molar-refractivity contribution in [3.63, 3.8) is 0 Å². The summed E-state index contributed by atoms with van der Waals surface area (Å²) < 4.78 is 26.9. The lowest BCUT2D eigenvalue weighted by Gasteiger charge is -2.21. The molecule has 0 spiro atoms. The molecule has 8 heteroatoms. The summed E-state index contributed by atoms with van der Waals surface area (Å²) >= 11 is 0. The van der Waals surface area contributed by atoms with E-state index in [1.807, 2.05) is 27.7 Å². The lowest BCUT2D eigenvalue weighted by Crippen LogP contribution is -2.34. The Morgan fingerprint density at radius 2 is 1.96 bits per heavy atom. The molecule has 1 aliphatic heterocycles. The summed E-state index contributed by atoms with van der Waals surface area (Å²) in [5, 5.41) is 7.89. The molecule has 1 aromatic rings. The van der Waals surface area contributed by atoms with E-state index in [1.54, 1.807) is 24.3 Å². The Labute approximate surface area is 136 Å². The molecule has 0 aliphatic carbocycles. The average Bonchev–Trinajstić information content (AvgIpc) is 2.90. The molecule has 0 amide bonds. The highest BCUT2D eigenvalue weighted by Crippen LogP contribution is 2.31. The number of benzene rings is 1. The lowest BCUT2D eigenvalue weighted by atomic mass is 9.87. The van der Waals surface area contributed by atoms with Gasteiger partial charge in [-0.2, -0.15) is 17.9 Å². The SMILES string of the molecule is Cc1ccc(S(=O)(=O)N2N=C(C(C)(C)C)CC2CN=[N+]=[N-])cc1. The highest BCUT2D eigenvalue weighted by atomic mass is 32.2. The molecule has 0 radical (unpaired) electrons. The molecule has 0 bridgehead atoms. The zero-order valence-corrected chi connectivity index (χ0v) is 14.6. The monoisotopic (exact) mass is 335 g/mol. The molecule has 0 saturated carbocycles. The first kappa shape index (κ1) is 17.3. The molecule has 23 heavy (non-hydrogen) atoms. The van der Waals surface area contributed by atoms with Crippen molar-refractivity contribution in [2.45, 2.75) is 45.1 Å². The smallest absolute Gasteiger partial charge is 0.200 e. The quantitative estimate of drug-likeness (QED) is 0.478. The van der Waals surface area contributed by atoms with E-state index in [-0.39, 0.29) is 16.9 Å². The molecule has 1 unspecified atom stereocenters. The normalized spacial score (nSPS) is 18.5. The minimum Gasteiger partial charge on any atom is -0.200 e. The van der Waals surface area contributed by atoms with Crippen LogP contribution in [0.25, 0.3) is 10.4 Å². The number of hydrazone groups is 1. The van der Waals surface area contributed by atoms with Gasteiger partial charge in [0.15, 0.2) is 0 Å². The van der Waals surface area contributed by atoms with Gasteiger partial charge in [0.1, 0.15) is 0 Å². The summed E-state index contributed by atoms with van der Waals surface area (Å²) in [4.78, 5) is 2.93. The van der Waals surface area contributed by atoms with Crippen molar-refractivity contribution in [3.05, 3.63) is 40.3 Å². The third kappa shape index (κ3) is 3.65. The fourth-order valence-electron chi connectivity index (χ4n) is 2.33. The van der Waals surface area contributed by atoms with Crippen LogP contribution in [0.15, 0.2) is 39.4 Å². The van der Waals surface area contributed by atoms with E-state index in [9.17, 15) is 8.42 Å². The summed E-state index contributed by atoms with van der Waals surface area (Å²) in [5.41, 5.74) is 10.1. The second-order valence-electron chi connectivity index (χ2n) is 6.66. The molecule has 1 aliphatic rings. The van der Waals surface area contributed by atoms with Gasteiger partial charge in [0.2, 0.25) is 0 Å². The molecule has 1 heterocycles. The number of nitrogens with zero attached hydrogens (tertiary/aromatic N) is 5. The molecular weight excluding hydrogens is 314 g/mol. The van der Waals surface area contributed by atoms with Crippen molar-refractivity contribution in [1.82, 2.24) is 4.41 Å². The van der Waals surface area contributed by atoms with E-state index >= 15 is 0 Å². The number of azide groups is 1. The second-order valence-corrected chi connectivity index (χ2v) is 8.45. The Balaban J connectivity index is 2.44. The number of rotatable bonds is 4. The van der Waals surface area contributed by atoms with Crippen molar-refractivity contribution < 1.29 is 8.42 Å². The molecule has 1 atom stereocenters. The van der Waals surface area contributed by atoms with Crippen LogP contribution in [-0.2, 0) is 10.0 Å². The maximum absolute atomic E-state index is 12.9. The highest BCUT2D eigenvalue weighted by Gasteiger charge is 2.39. The topological polar surface area (TPSA) is 98.5 Å². The van der Waals surface area contributed by atoms with Crippen LogP contribution in [0.1, 0.15) is 32.8 Å². The van der Waals surface area contributed by atoms with Gasteiger partial charge in [-0.1, -0.05) is 43.6 Å². The minimum absolute atomic E-state index is 0.0602. The summed E-state index contributed by atoms with van der Waals surface area (Å²) in [6.45, 7) is 7.91. The Morgan fingerprint density at radius 3 is 2.48 bits per heavy atom. The molecule has 0 fully saturated rings. The van der Waals surface area contributed by atoms with Crippen molar-refractivity contribution in [1.29, 1.82) is 0 Å². The number of aryl methyl sites for hydroxylation is 1. The zero-order valence-electron chi connectivity index (χ0n) is 13.8. The minimum atomic E-state index is -3.77. The van der Waals surface area contributed by atoms with Crippen LogP contribution in [0.4, 0.5) is 0 Å². The standard InChI is InChI=1S/C15H21N5O2S/c1-11-5-7-13(8-6-11)23(21,22)20-12(10-17-19-16)9-14(18-20)15(2,3)4/h5-8,12H,9-10H2,1-4H3. The maximum atomic E-state index is 12.9. The van der Waals surface area contributed by atoms with Crippen molar-refractivity contribution in [2.75, 3.05) is 6.54 Å². The lowest BCUT2D eigenvalue weighted by molar-refractivity contribution is 0.368. The summed E-state index contributed by atoms with van der Waals surface area (Å²) in [5.74, 6) is 0. The summed E-state index contributed by atoms with van der Waals surface area (Å²) in [6, 6.07) is 6.16. The van der Waals surface area contributed by atoms with E-state index in [2.05, 4.69) is 15.1 Å². The number of hydrogen-bond donors (Lipinski definition) is 0. The third-order valence-corrected chi connectivity index (χ3v) is 5.49. The first-order chi connectivity index (χ1) is 10.7. The predicted molar refractivity (Wildman–Crippen MR) is 89.5 cm³/mol. The number of sulfonamides is 1. The van der Waals surface area contributed by atoms with Crippen LogP contribution >= 0.6 is 0 Å². The van der Waals surface area contributed by atoms with Gasteiger partial charge < -0.3 is 0 Å². The third-order valence-electron chi connectivity index (χ3n) is 3.75. The van der Waals surface area contributed by atoms with Crippen LogP contribution in [0.2, 0.25) is 0 Å². The second kappa shape index (κ2) is 6.22. The summed E-state index contributed by atoms with van der Waals surface area (Å²) in [6.07, 6.45) is 0.466. The van der Waals surface area contributed by atoms with Crippen LogP contribution in [0.3, 0.4) is 0 Å². The van der Waals surface area contributed by atoms with Crippen molar-refractivity contribution in [3.8, 4) is 0 Å². The van der Waals surface area contributed by atoms with Crippen molar-refractivity contribution >= 4 is 15.7 Å². The molecule has 1 aromatic carbocycles. The Hall–Kier alpha value is -2.05. The average molecular weight is 335 g/mol.